The number of carbonyl (C=O) groups excluding carboxylic acids is 2. The van der Waals surface area contributed by atoms with E-state index in [9.17, 15) is 14.4 Å². The first-order chi connectivity index (χ1) is 15.9. The Labute approximate surface area is 190 Å². The van der Waals surface area contributed by atoms with Gasteiger partial charge in [-0.3, -0.25) is 9.59 Å². The fraction of sp³-hybridized carbons (Fsp3) is 0.115. The van der Waals surface area contributed by atoms with Crippen LogP contribution in [0.5, 0.6) is 11.5 Å². The molecule has 0 saturated carbocycles. The Balaban J connectivity index is 1.44. The largest absolute Gasteiger partial charge is 0.497 e. The van der Waals surface area contributed by atoms with E-state index < -0.39 is 11.9 Å². The van der Waals surface area contributed by atoms with Crippen molar-refractivity contribution >= 4 is 23.9 Å². The molecular formula is C26H21NO6. The van der Waals surface area contributed by atoms with Crippen LogP contribution in [0.25, 0.3) is 6.08 Å². The average molecular weight is 443 g/mol. The van der Waals surface area contributed by atoms with Crippen molar-refractivity contribution in [1.29, 1.82) is 0 Å². The summed E-state index contributed by atoms with van der Waals surface area (Å²) in [6.45, 7) is 0.298. The second-order valence-electron chi connectivity index (χ2n) is 7.49. The normalized spacial score (nSPS) is 12.1. The fourth-order valence-corrected chi connectivity index (χ4v) is 3.53. The van der Waals surface area contributed by atoms with Crippen LogP contribution in [0.3, 0.4) is 0 Å². The highest BCUT2D eigenvalue weighted by molar-refractivity contribution is 5.97. The highest BCUT2D eigenvalue weighted by atomic mass is 16.5. The van der Waals surface area contributed by atoms with Gasteiger partial charge in [-0.15, -0.1) is 0 Å². The molecule has 0 atom stereocenters. The first kappa shape index (κ1) is 21.8. The van der Waals surface area contributed by atoms with Gasteiger partial charge < -0.3 is 19.5 Å². The van der Waals surface area contributed by atoms with Crippen molar-refractivity contribution in [2.75, 3.05) is 7.11 Å². The predicted octanol–water partition coefficient (Wildman–Crippen LogP) is 4.17. The maximum Gasteiger partial charge on any atom is 0.335 e. The molecule has 3 aromatic rings. The highest BCUT2D eigenvalue weighted by Crippen LogP contribution is 2.26. The van der Waals surface area contributed by atoms with Crippen LogP contribution in [0.2, 0.25) is 0 Å². The number of rotatable bonds is 6. The SMILES string of the molecule is COc1cccc(CC(=O)Oc2ccc3c(c2)CN(C(=O)c2ccc(C(=O)O)cc2)C=C3)c1. The number of benzene rings is 3. The molecule has 0 aliphatic carbocycles. The van der Waals surface area contributed by atoms with Gasteiger partial charge in [-0.05, 0) is 71.3 Å². The lowest BCUT2D eigenvalue weighted by Gasteiger charge is -2.24. The minimum Gasteiger partial charge on any atom is -0.497 e. The third kappa shape index (κ3) is 5.10. The monoisotopic (exact) mass is 443 g/mol. The van der Waals surface area contributed by atoms with Gasteiger partial charge in [-0.25, -0.2) is 4.79 Å². The quantitative estimate of drug-likeness (QED) is 0.454. The minimum atomic E-state index is -1.05. The van der Waals surface area contributed by atoms with E-state index in [1.165, 1.54) is 29.2 Å². The smallest absolute Gasteiger partial charge is 0.335 e. The van der Waals surface area contributed by atoms with Crippen LogP contribution in [0, 0.1) is 0 Å². The summed E-state index contributed by atoms with van der Waals surface area (Å²) in [6, 6.07) is 18.3. The van der Waals surface area contributed by atoms with Gasteiger partial charge in [0.15, 0.2) is 0 Å². The van der Waals surface area contributed by atoms with E-state index in [2.05, 4.69) is 0 Å². The molecule has 0 saturated heterocycles. The molecule has 0 unspecified atom stereocenters. The van der Waals surface area contributed by atoms with Crippen molar-refractivity contribution < 1.29 is 29.0 Å². The number of esters is 1. The Bertz CT molecular complexity index is 1250. The lowest BCUT2D eigenvalue weighted by atomic mass is 10.0. The molecule has 166 valence electrons. The van der Waals surface area contributed by atoms with E-state index in [4.69, 9.17) is 14.6 Å². The molecule has 0 radical (unpaired) electrons. The van der Waals surface area contributed by atoms with Gasteiger partial charge in [-0.1, -0.05) is 18.2 Å². The molecule has 7 nitrogen and oxygen atoms in total. The summed E-state index contributed by atoms with van der Waals surface area (Å²) in [5.41, 5.74) is 3.04. The summed E-state index contributed by atoms with van der Waals surface area (Å²) in [7, 11) is 1.57. The van der Waals surface area contributed by atoms with Crippen molar-refractivity contribution in [3.63, 3.8) is 0 Å². The maximum absolute atomic E-state index is 12.8. The van der Waals surface area contributed by atoms with Gasteiger partial charge in [0.2, 0.25) is 0 Å². The van der Waals surface area contributed by atoms with Crippen molar-refractivity contribution in [3.8, 4) is 11.5 Å². The minimum absolute atomic E-state index is 0.102. The first-order valence-corrected chi connectivity index (χ1v) is 10.2. The summed E-state index contributed by atoms with van der Waals surface area (Å²) in [5, 5.41) is 9.02. The summed E-state index contributed by atoms with van der Waals surface area (Å²) in [6.07, 6.45) is 3.60. The van der Waals surface area contributed by atoms with Gasteiger partial charge in [-0.2, -0.15) is 0 Å². The summed E-state index contributed by atoms with van der Waals surface area (Å²) in [4.78, 5) is 37.8. The van der Waals surface area contributed by atoms with Gasteiger partial charge >= 0.3 is 11.9 Å². The zero-order chi connectivity index (χ0) is 23.4. The van der Waals surface area contributed by atoms with Crippen molar-refractivity contribution in [2.45, 2.75) is 13.0 Å². The zero-order valence-corrected chi connectivity index (χ0v) is 17.9. The Kier molecular flexibility index (Phi) is 6.22. The zero-order valence-electron chi connectivity index (χ0n) is 17.9. The lowest BCUT2D eigenvalue weighted by Crippen LogP contribution is -2.27. The molecule has 0 spiro atoms. The number of nitrogens with zero attached hydrogens (tertiary/aromatic N) is 1. The van der Waals surface area contributed by atoms with Gasteiger partial charge in [0, 0.05) is 11.8 Å². The van der Waals surface area contributed by atoms with Crippen LogP contribution >= 0.6 is 0 Å². The molecule has 0 bridgehead atoms. The van der Waals surface area contributed by atoms with Crippen molar-refractivity contribution in [3.05, 3.63) is 101 Å². The van der Waals surface area contributed by atoms with Crippen LogP contribution < -0.4 is 9.47 Å². The molecule has 0 fully saturated rings. The summed E-state index contributed by atoms with van der Waals surface area (Å²) >= 11 is 0. The predicted molar refractivity (Wildman–Crippen MR) is 121 cm³/mol. The fourth-order valence-electron chi connectivity index (χ4n) is 3.53. The molecule has 1 heterocycles. The number of methoxy groups -OCH3 is 1. The molecule has 1 N–H and O–H groups in total. The number of aromatic carboxylic acids is 1. The van der Waals surface area contributed by atoms with Gasteiger partial charge in [0.05, 0.1) is 25.6 Å². The van der Waals surface area contributed by atoms with E-state index in [1.54, 1.807) is 37.6 Å². The number of hydrogen-bond acceptors (Lipinski definition) is 5. The first-order valence-electron chi connectivity index (χ1n) is 10.2. The van der Waals surface area contributed by atoms with E-state index >= 15 is 0 Å². The Morgan fingerprint density at radius 3 is 2.42 bits per heavy atom. The van der Waals surface area contributed by atoms with Crippen LogP contribution in [-0.2, 0) is 17.8 Å². The van der Waals surface area contributed by atoms with E-state index in [-0.39, 0.29) is 17.9 Å². The van der Waals surface area contributed by atoms with Gasteiger partial charge in [0.1, 0.15) is 11.5 Å². The van der Waals surface area contributed by atoms with Crippen LogP contribution in [-0.4, -0.2) is 35.0 Å². The topological polar surface area (TPSA) is 93.1 Å². The Hall–Kier alpha value is -4.39. The Morgan fingerprint density at radius 2 is 1.70 bits per heavy atom. The van der Waals surface area contributed by atoms with Crippen LogP contribution in [0.15, 0.2) is 72.9 Å². The maximum atomic E-state index is 12.8. The molecule has 7 heteroatoms. The molecule has 1 aliphatic heterocycles. The summed E-state index contributed by atoms with van der Waals surface area (Å²) < 4.78 is 10.7. The third-order valence-corrected chi connectivity index (χ3v) is 5.24. The number of carboxylic acids is 1. The highest BCUT2D eigenvalue weighted by Gasteiger charge is 2.20. The molecule has 3 aromatic carbocycles. The van der Waals surface area contributed by atoms with E-state index in [0.29, 0.717) is 23.6 Å². The Morgan fingerprint density at radius 1 is 0.939 bits per heavy atom. The number of amides is 1. The standard InChI is InChI=1S/C26H21NO6/c1-32-22-4-2-3-17(13-22)14-24(28)33-23-10-9-18-11-12-27(16-21(18)15-23)25(29)19-5-7-20(8-6-19)26(30)31/h2-13,15H,14,16H2,1H3,(H,30,31). The molecule has 0 aromatic heterocycles. The lowest BCUT2D eigenvalue weighted by molar-refractivity contribution is -0.133. The second-order valence-corrected chi connectivity index (χ2v) is 7.49. The number of carbonyl (C=O) groups is 3. The van der Waals surface area contributed by atoms with Crippen LogP contribution in [0.1, 0.15) is 37.4 Å². The van der Waals surface area contributed by atoms with Gasteiger partial charge in [0.25, 0.3) is 5.91 Å². The van der Waals surface area contributed by atoms with Crippen LogP contribution in [0.4, 0.5) is 0 Å². The molecular weight excluding hydrogens is 422 g/mol. The third-order valence-electron chi connectivity index (χ3n) is 5.24. The molecule has 1 aliphatic rings. The summed E-state index contributed by atoms with van der Waals surface area (Å²) in [5.74, 6) is -0.636. The number of carboxylic acid groups (broad SMARTS) is 1. The number of fused-ring (bicyclic) bond motifs is 1. The van der Waals surface area contributed by atoms with E-state index in [0.717, 1.165) is 16.7 Å². The van der Waals surface area contributed by atoms with E-state index in [1.807, 2.05) is 24.3 Å². The molecule has 4 rings (SSSR count). The number of ether oxygens (including phenoxy) is 2. The molecule has 33 heavy (non-hydrogen) atoms. The average Bonchev–Trinajstić information content (AvgIpc) is 2.83. The second kappa shape index (κ2) is 9.40. The van der Waals surface area contributed by atoms with Crippen molar-refractivity contribution in [2.24, 2.45) is 0 Å². The molecule has 1 amide bonds. The number of hydrogen-bond donors (Lipinski definition) is 1. The van der Waals surface area contributed by atoms with Crippen molar-refractivity contribution in [1.82, 2.24) is 4.90 Å².